The molecule has 0 aliphatic rings. The second-order valence-corrected chi connectivity index (χ2v) is 5.53. The standard InChI is InChI=1S/C21H17N3O2/c1-2-12-22-21(26)18-10-3-4-11-19(18)23-20(25)16-8-7-9-17(15-16)24-13-5-6-14-24/h1,3-11,13-15H,12H2,(H,22,26)(H,23,25). The fraction of sp³-hybridized carbons (Fsp3) is 0.0476. The lowest BCUT2D eigenvalue weighted by atomic mass is 10.1. The third-order valence-corrected chi connectivity index (χ3v) is 3.78. The van der Waals surface area contributed by atoms with E-state index in [1.165, 1.54) is 0 Å². The average Bonchev–Trinajstić information content (AvgIpc) is 3.21. The van der Waals surface area contributed by atoms with Crippen LogP contribution in [-0.2, 0) is 0 Å². The highest BCUT2D eigenvalue weighted by atomic mass is 16.2. The summed E-state index contributed by atoms with van der Waals surface area (Å²) < 4.78 is 1.91. The molecule has 0 saturated heterocycles. The monoisotopic (exact) mass is 343 g/mol. The number of terminal acetylenes is 1. The van der Waals surface area contributed by atoms with Crippen molar-refractivity contribution in [2.75, 3.05) is 11.9 Å². The van der Waals surface area contributed by atoms with Gasteiger partial charge < -0.3 is 15.2 Å². The van der Waals surface area contributed by atoms with E-state index >= 15 is 0 Å². The summed E-state index contributed by atoms with van der Waals surface area (Å²) in [6, 6.07) is 17.9. The van der Waals surface area contributed by atoms with Gasteiger partial charge in [-0.3, -0.25) is 9.59 Å². The van der Waals surface area contributed by atoms with Gasteiger partial charge in [-0.25, -0.2) is 0 Å². The van der Waals surface area contributed by atoms with Crippen molar-refractivity contribution >= 4 is 17.5 Å². The maximum absolute atomic E-state index is 12.6. The van der Waals surface area contributed by atoms with Gasteiger partial charge in [0, 0.05) is 23.6 Å². The third kappa shape index (κ3) is 3.82. The number of rotatable bonds is 5. The highest BCUT2D eigenvalue weighted by Crippen LogP contribution is 2.17. The van der Waals surface area contributed by atoms with Gasteiger partial charge in [0.1, 0.15) is 0 Å². The van der Waals surface area contributed by atoms with Gasteiger partial charge in [0.2, 0.25) is 0 Å². The molecular formula is C21H17N3O2. The molecule has 1 aromatic heterocycles. The average molecular weight is 343 g/mol. The predicted octanol–water partition coefficient (Wildman–Crippen LogP) is 3.09. The van der Waals surface area contributed by atoms with Gasteiger partial charge in [-0.2, -0.15) is 0 Å². The Bertz CT molecular complexity index is 969. The summed E-state index contributed by atoms with van der Waals surface area (Å²) in [6.07, 6.45) is 8.98. The Morgan fingerprint density at radius 1 is 0.962 bits per heavy atom. The molecule has 3 rings (SSSR count). The molecule has 0 aliphatic heterocycles. The van der Waals surface area contributed by atoms with Crippen molar-refractivity contribution in [1.29, 1.82) is 0 Å². The Morgan fingerprint density at radius 2 is 1.73 bits per heavy atom. The summed E-state index contributed by atoms with van der Waals surface area (Å²) in [7, 11) is 0. The Balaban J connectivity index is 1.82. The quantitative estimate of drug-likeness (QED) is 0.699. The Labute approximate surface area is 151 Å². The van der Waals surface area contributed by atoms with E-state index in [2.05, 4.69) is 16.6 Å². The predicted molar refractivity (Wildman–Crippen MR) is 101 cm³/mol. The van der Waals surface area contributed by atoms with Crippen molar-refractivity contribution in [3.05, 3.63) is 84.2 Å². The number of anilines is 1. The van der Waals surface area contributed by atoms with Crippen molar-refractivity contribution < 1.29 is 9.59 Å². The molecule has 2 aromatic carbocycles. The number of nitrogens with zero attached hydrogens (tertiary/aromatic N) is 1. The maximum atomic E-state index is 12.6. The summed E-state index contributed by atoms with van der Waals surface area (Å²) in [5, 5.41) is 5.40. The number of carbonyl (C=O) groups excluding carboxylic acids is 2. The lowest BCUT2D eigenvalue weighted by Crippen LogP contribution is -2.25. The molecule has 0 saturated carbocycles. The molecule has 5 heteroatoms. The lowest BCUT2D eigenvalue weighted by Gasteiger charge is -2.11. The fourth-order valence-corrected chi connectivity index (χ4v) is 2.53. The molecule has 0 fully saturated rings. The van der Waals surface area contributed by atoms with Crippen LogP contribution in [0.1, 0.15) is 20.7 Å². The van der Waals surface area contributed by atoms with Gasteiger partial charge >= 0.3 is 0 Å². The first-order valence-electron chi connectivity index (χ1n) is 8.04. The van der Waals surface area contributed by atoms with Crippen LogP contribution in [0.25, 0.3) is 5.69 Å². The smallest absolute Gasteiger partial charge is 0.255 e. The van der Waals surface area contributed by atoms with Gasteiger partial charge in [-0.15, -0.1) is 6.42 Å². The first kappa shape index (κ1) is 17.1. The molecule has 26 heavy (non-hydrogen) atoms. The number of carbonyl (C=O) groups is 2. The van der Waals surface area contributed by atoms with Crippen molar-refractivity contribution in [3.8, 4) is 18.0 Å². The summed E-state index contributed by atoms with van der Waals surface area (Å²) in [6.45, 7) is 0.125. The number of benzene rings is 2. The van der Waals surface area contributed by atoms with Gasteiger partial charge in [-0.1, -0.05) is 24.1 Å². The van der Waals surface area contributed by atoms with Crippen LogP contribution in [0.2, 0.25) is 0 Å². The largest absolute Gasteiger partial charge is 0.341 e. The molecule has 128 valence electrons. The molecule has 0 unspecified atom stereocenters. The highest BCUT2D eigenvalue weighted by Gasteiger charge is 2.14. The summed E-state index contributed by atoms with van der Waals surface area (Å²) in [5.74, 6) is 1.72. The molecule has 2 amide bonds. The first-order valence-corrected chi connectivity index (χ1v) is 8.04. The number of hydrogen-bond acceptors (Lipinski definition) is 2. The zero-order valence-electron chi connectivity index (χ0n) is 14.0. The van der Waals surface area contributed by atoms with Crippen LogP contribution in [-0.4, -0.2) is 22.9 Å². The Hall–Kier alpha value is -3.78. The zero-order valence-corrected chi connectivity index (χ0v) is 14.0. The normalized spacial score (nSPS) is 9.96. The van der Waals surface area contributed by atoms with E-state index in [1.54, 1.807) is 36.4 Å². The van der Waals surface area contributed by atoms with Crippen molar-refractivity contribution in [3.63, 3.8) is 0 Å². The minimum atomic E-state index is -0.333. The van der Waals surface area contributed by atoms with Crippen LogP contribution in [0.15, 0.2) is 73.1 Å². The molecule has 0 radical (unpaired) electrons. The Kier molecular flexibility index (Phi) is 5.16. The van der Waals surface area contributed by atoms with Gasteiger partial charge in [0.05, 0.1) is 17.8 Å². The molecule has 3 aromatic rings. The second kappa shape index (κ2) is 7.86. The van der Waals surface area contributed by atoms with Crippen molar-refractivity contribution in [1.82, 2.24) is 9.88 Å². The maximum Gasteiger partial charge on any atom is 0.255 e. The number of hydrogen-bond donors (Lipinski definition) is 2. The van der Waals surface area contributed by atoms with Crippen LogP contribution in [0, 0.1) is 12.3 Å². The van der Waals surface area contributed by atoms with E-state index in [1.807, 2.05) is 41.2 Å². The van der Waals surface area contributed by atoms with E-state index in [4.69, 9.17) is 6.42 Å². The second-order valence-electron chi connectivity index (χ2n) is 5.53. The Morgan fingerprint density at radius 3 is 2.50 bits per heavy atom. The summed E-state index contributed by atoms with van der Waals surface area (Å²) >= 11 is 0. The number of amides is 2. The first-order chi connectivity index (χ1) is 12.7. The van der Waals surface area contributed by atoms with Crippen molar-refractivity contribution in [2.24, 2.45) is 0 Å². The van der Waals surface area contributed by atoms with E-state index in [-0.39, 0.29) is 18.4 Å². The third-order valence-electron chi connectivity index (χ3n) is 3.78. The molecule has 0 aliphatic carbocycles. The van der Waals surface area contributed by atoms with Gasteiger partial charge in [0.15, 0.2) is 0 Å². The van der Waals surface area contributed by atoms with Crippen molar-refractivity contribution in [2.45, 2.75) is 0 Å². The molecule has 0 spiro atoms. The zero-order chi connectivity index (χ0) is 18.4. The fourth-order valence-electron chi connectivity index (χ4n) is 2.53. The number of para-hydroxylation sites is 1. The molecule has 1 heterocycles. The van der Waals surface area contributed by atoms with Gasteiger partial charge in [-0.05, 0) is 42.5 Å². The summed E-state index contributed by atoms with van der Waals surface area (Å²) in [5.41, 5.74) is 2.16. The van der Waals surface area contributed by atoms with E-state index in [0.29, 0.717) is 16.8 Å². The van der Waals surface area contributed by atoms with Crippen LogP contribution in [0.3, 0.4) is 0 Å². The molecular weight excluding hydrogens is 326 g/mol. The van der Waals surface area contributed by atoms with E-state index in [9.17, 15) is 9.59 Å². The lowest BCUT2D eigenvalue weighted by molar-refractivity contribution is 0.0959. The van der Waals surface area contributed by atoms with Gasteiger partial charge in [0.25, 0.3) is 11.8 Å². The highest BCUT2D eigenvalue weighted by molar-refractivity contribution is 6.09. The van der Waals surface area contributed by atoms with Crippen LogP contribution in [0.5, 0.6) is 0 Å². The van der Waals surface area contributed by atoms with E-state index in [0.717, 1.165) is 5.69 Å². The SMILES string of the molecule is C#CCNC(=O)c1ccccc1NC(=O)c1cccc(-n2cccc2)c1. The van der Waals surface area contributed by atoms with Crippen LogP contribution >= 0.6 is 0 Å². The number of nitrogens with one attached hydrogen (secondary N) is 2. The molecule has 0 bridgehead atoms. The minimum Gasteiger partial charge on any atom is -0.341 e. The summed E-state index contributed by atoms with van der Waals surface area (Å²) in [4.78, 5) is 24.8. The number of aromatic nitrogens is 1. The topological polar surface area (TPSA) is 63.1 Å². The van der Waals surface area contributed by atoms with E-state index < -0.39 is 0 Å². The van der Waals surface area contributed by atoms with Crippen LogP contribution in [0.4, 0.5) is 5.69 Å². The molecule has 0 atom stereocenters. The minimum absolute atomic E-state index is 0.125. The van der Waals surface area contributed by atoms with Crippen LogP contribution < -0.4 is 10.6 Å². The molecule has 5 nitrogen and oxygen atoms in total. The molecule has 2 N–H and O–H groups in total.